The number of nitrogens with one attached hydrogen (secondary N) is 1. The Labute approximate surface area is 109 Å². The average Bonchev–Trinajstić information content (AvgIpc) is 2.82. The van der Waals surface area contributed by atoms with Crippen LogP contribution in [0.1, 0.15) is 33.1 Å². The number of ether oxygens (including phenoxy) is 1. The minimum absolute atomic E-state index is 0.00722. The molecule has 1 aromatic rings. The van der Waals surface area contributed by atoms with Gasteiger partial charge in [0.2, 0.25) is 5.89 Å². The minimum Gasteiger partial charge on any atom is -0.407 e. The number of anilines is 1. The highest BCUT2D eigenvalue weighted by atomic mass is 16.5. The molecule has 104 valence electrons. The van der Waals surface area contributed by atoms with E-state index < -0.39 is 0 Å². The first-order chi connectivity index (χ1) is 8.51. The molecule has 0 atom stereocenters. The van der Waals surface area contributed by atoms with Crippen molar-refractivity contribution in [1.82, 2.24) is 15.5 Å². The average molecular weight is 256 g/mol. The van der Waals surface area contributed by atoms with E-state index in [1.165, 1.54) is 0 Å². The smallest absolute Gasteiger partial charge is 0.318 e. The molecule has 0 aliphatic rings. The van der Waals surface area contributed by atoms with Gasteiger partial charge in [0, 0.05) is 26.2 Å². The molecule has 1 rings (SSSR count). The second-order valence-corrected chi connectivity index (χ2v) is 4.87. The summed E-state index contributed by atoms with van der Waals surface area (Å²) in [6, 6.07) is 0.561. The molecule has 0 saturated heterocycles. The Balaban J connectivity index is 2.52. The van der Waals surface area contributed by atoms with E-state index in [1.807, 2.05) is 11.9 Å². The summed E-state index contributed by atoms with van der Waals surface area (Å²) < 4.78 is 10.6. The molecule has 0 unspecified atom stereocenters. The monoisotopic (exact) mass is 256 g/mol. The highest BCUT2D eigenvalue weighted by molar-refractivity contribution is 5.27. The molecule has 0 radical (unpaired) electrons. The topological polar surface area (TPSA) is 63.4 Å². The normalized spacial score (nSPS) is 11.8. The Morgan fingerprint density at radius 3 is 2.72 bits per heavy atom. The summed E-state index contributed by atoms with van der Waals surface area (Å²) in [5.74, 6) is 0.597. The zero-order valence-corrected chi connectivity index (χ0v) is 12.0. The Morgan fingerprint density at radius 1 is 1.39 bits per heavy atom. The van der Waals surface area contributed by atoms with E-state index in [4.69, 9.17) is 9.15 Å². The summed E-state index contributed by atoms with van der Waals surface area (Å²) in [5.41, 5.74) is 0.00722. The van der Waals surface area contributed by atoms with E-state index in [2.05, 4.69) is 36.3 Å². The number of rotatable bonds is 8. The molecule has 6 heteroatoms. The minimum atomic E-state index is 0.00722. The molecule has 18 heavy (non-hydrogen) atoms. The standard InChI is InChI=1S/C12H24N4O2/c1-6-12(2,3)16(4)11-15-14-10(18-11)9-13-7-8-17-5/h13H,6-9H2,1-5H3. The van der Waals surface area contributed by atoms with E-state index in [1.54, 1.807) is 7.11 Å². The number of aromatic nitrogens is 2. The molecule has 1 heterocycles. The van der Waals surface area contributed by atoms with Crippen molar-refractivity contribution in [2.45, 2.75) is 39.3 Å². The summed E-state index contributed by atoms with van der Waals surface area (Å²) >= 11 is 0. The molecule has 0 bridgehead atoms. The summed E-state index contributed by atoms with van der Waals surface area (Å²) in [5, 5.41) is 11.3. The van der Waals surface area contributed by atoms with Gasteiger partial charge in [0.15, 0.2) is 0 Å². The van der Waals surface area contributed by atoms with Crippen LogP contribution in [0.15, 0.2) is 4.42 Å². The van der Waals surface area contributed by atoms with Gasteiger partial charge in [0.25, 0.3) is 0 Å². The Hall–Kier alpha value is -1.14. The molecule has 0 aromatic carbocycles. The van der Waals surface area contributed by atoms with Crippen LogP contribution < -0.4 is 10.2 Å². The molecule has 0 spiro atoms. The Morgan fingerprint density at radius 2 is 2.11 bits per heavy atom. The van der Waals surface area contributed by atoms with Crippen molar-refractivity contribution in [2.75, 3.05) is 32.2 Å². The van der Waals surface area contributed by atoms with Gasteiger partial charge in [0.05, 0.1) is 13.2 Å². The zero-order valence-electron chi connectivity index (χ0n) is 12.0. The zero-order chi connectivity index (χ0) is 13.6. The first kappa shape index (κ1) is 14.9. The summed E-state index contributed by atoms with van der Waals surface area (Å²) in [6.07, 6.45) is 1.01. The highest BCUT2D eigenvalue weighted by Gasteiger charge is 2.25. The molecule has 0 amide bonds. The quantitative estimate of drug-likeness (QED) is 0.710. The SMILES string of the molecule is CCC(C)(C)N(C)c1nnc(CNCCOC)o1. The molecular formula is C12H24N4O2. The van der Waals surface area contributed by atoms with Gasteiger partial charge in [-0.05, 0) is 20.3 Å². The van der Waals surface area contributed by atoms with Gasteiger partial charge in [0.1, 0.15) is 0 Å². The van der Waals surface area contributed by atoms with Crippen molar-refractivity contribution >= 4 is 6.01 Å². The lowest BCUT2D eigenvalue weighted by molar-refractivity contribution is 0.198. The van der Waals surface area contributed by atoms with Gasteiger partial charge in [-0.3, -0.25) is 0 Å². The Bertz CT molecular complexity index is 352. The van der Waals surface area contributed by atoms with Crippen LogP contribution in [0, 0.1) is 0 Å². The maximum absolute atomic E-state index is 5.61. The fourth-order valence-electron chi connectivity index (χ4n) is 1.32. The lowest BCUT2D eigenvalue weighted by atomic mass is 10.0. The summed E-state index contributed by atoms with van der Waals surface area (Å²) in [6.45, 7) is 8.44. The van der Waals surface area contributed by atoms with Crippen LogP contribution >= 0.6 is 0 Å². The van der Waals surface area contributed by atoms with Crippen molar-refractivity contribution in [2.24, 2.45) is 0 Å². The second kappa shape index (κ2) is 6.70. The number of nitrogens with zero attached hydrogens (tertiary/aromatic N) is 3. The summed E-state index contributed by atoms with van der Waals surface area (Å²) in [7, 11) is 3.65. The van der Waals surface area contributed by atoms with Crippen molar-refractivity contribution in [3.8, 4) is 0 Å². The van der Waals surface area contributed by atoms with Gasteiger partial charge >= 0.3 is 6.01 Å². The molecule has 0 aliphatic carbocycles. The van der Waals surface area contributed by atoms with Crippen molar-refractivity contribution in [3.05, 3.63) is 5.89 Å². The molecule has 0 fully saturated rings. The largest absolute Gasteiger partial charge is 0.407 e. The molecular weight excluding hydrogens is 232 g/mol. The molecule has 6 nitrogen and oxygen atoms in total. The van der Waals surface area contributed by atoms with E-state index >= 15 is 0 Å². The molecule has 0 saturated carbocycles. The van der Waals surface area contributed by atoms with Crippen molar-refractivity contribution in [1.29, 1.82) is 0 Å². The molecule has 0 aliphatic heterocycles. The van der Waals surface area contributed by atoms with Gasteiger partial charge < -0.3 is 19.4 Å². The third-order valence-corrected chi connectivity index (χ3v) is 3.28. The van der Waals surface area contributed by atoms with Crippen molar-refractivity contribution in [3.63, 3.8) is 0 Å². The maximum Gasteiger partial charge on any atom is 0.318 e. The third-order valence-electron chi connectivity index (χ3n) is 3.28. The van der Waals surface area contributed by atoms with Crippen LogP contribution in [0.3, 0.4) is 0 Å². The molecule has 1 N–H and O–H groups in total. The molecule has 1 aromatic heterocycles. The predicted molar refractivity (Wildman–Crippen MR) is 70.7 cm³/mol. The van der Waals surface area contributed by atoms with E-state index in [0.29, 0.717) is 25.1 Å². The van der Waals surface area contributed by atoms with E-state index in [9.17, 15) is 0 Å². The van der Waals surface area contributed by atoms with Crippen LogP contribution in [0.25, 0.3) is 0 Å². The first-order valence-electron chi connectivity index (χ1n) is 6.27. The van der Waals surface area contributed by atoms with Gasteiger partial charge in [-0.1, -0.05) is 12.0 Å². The van der Waals surface area contributed by atoms with E-state index in [0.717, 1.165) is 13.0 Å². The Kier molecular flexibility index (Phi) is 5.55. The lowest BCUT2D eigenvalue weighted by Gasteiger charge is -2.32. The van der Waals surface area contributed by atoms with Crippen LogP contribution in [0.4, 0.5) is 6.01 Å². The number of hydrogen-bond donors (Lipinski definition) is 1. The second-order valence-electron chi connectivity index (χ2n) is 4.87. The third kappa shape index (κ3) is 3.96. The maximum atomic E-state index is 5.61. The van der Waals surface area contributed by atoms with Gasteiger partial charge in [-0.25, -0.2) is 0 Å². The van der Waals surface area contributed by atoms with Crippen molar-refractivity contribution < 1.29 is 9.15 Å². The number of hydrogen-bond acceptors (Lipinski definition) is 6. The highest BCUT2D eigenvalue weighted by Crippen LogP contribution is 2.23. The summed E-state index contributed by atoms with van der Waals surface area (Å²) in [4.78, 5) is 2.01. The van der Waals surface area contributed by atoms with Gasteiger partial charge in [-0.2, -0.15) is 0 Å². The number of methoxy groups -OCH3 is 1. The van der Waals surface area contributed by atoms with Gasteiger partial charge in [-0.15, -0.1) is 5.10 Å². The van der Waals surface area contributed by atoms with Crippen LogP contribution in [-0.4, -0.2) is 43.0 Å². The predicted octanol–water partition coefficient (Wildman–Crippen LogP) is 1.43. The fourth-order valence-corrected chi connectivity index (χ4v) is 1.32. The fraction of sp³-hybridized carbons (Fsp3) is 0.833. The van der Waals surface area contributed by atoms with Crippen LogP contribution in [0.2, 0.25) is 0 Å². The van der Waals surface area contributed by atoms with Crippen LogP contribution in [0.5, 0.6) is 0 Å². The first-order valence-corrected chi connectivity index (χ1v) is 6.27. The van der Waals surface area contributed by atoms with Crippen LogP contribution in [-0.2, 0) is 11.3 Å². The lowest BCUT2D eigenvalue weighted by Crippen LogP contribution is -2.40. The van der Waals surface area contributed by atoms with E-state index in [-0.39, 0.29) is 5.54 Å².